The largest absolute Gasteiger partial charge is 0.328 e. The van der Waals surface area contributed by atoms with Gasteiger partial charge in [0.25, 0.3) is 0 Å². The second-order valence-electron chi connectivity index (χ2n) is 4.48. The van der Waals surface area contributed by atoms with Crippen LogP contribution in [0, 0.1) is 0 Å². The zero-order valence-electron chi connectivity index (χ0n) is 9.15. The first kappa shape index (κ1) is 10.7. The van der Waals surface area contributed by atoms with Crippen LogP contribution in [-0.2, 0) is 6.54 Å². The molecule has 0 radical (unpaired) electrons. The van der Waals surface area contributed by atoms with Gasteiger partial charge in [-0.15, -0.1) is 0 Å². The minimum Gasteiger partial charge on any atom is -0.328 e. The number of hydrogen-bond donors (Lipinski definition) is 2. The Bertz CT molecular complexity index is 276. The molecule has 1 saturated carbocycles. The molecule has 2 nitrogen and oxygen atoms in total. The fraction of sp³-hybridized carbons (Fsp3) is 0.538. The molecule has 0 spiro atoms. The Labute approximate surface area is 91.9 Å². The number of rotatable bonds is 3. The van der Waals surface area contributed by atoms with Crippen LogP contribution in [0.15, 0.2) is 30.3 Å². The van der Waals surface area contributed by atoms with E-state index in [0.717, 1.165) is 6.54 Å². The van der Waals surface area contributed by atoms with Crippen LogP contribution in [0.5, 0.6) is 0 Å². The van der Waals surface area contributed by atoms with Crippen molar-refractivity contribution in [2.24, 2.45) is 5.73 Å². The van der Waals surface area contributed by atoms with Crippen molar-refractivity contribution in [3.05, 3.63) is 35.9 Å². The van der Waals surface area contributed by atoms with Crippen molar-refractivity contribution in [1.29, 1.82) is 0 Å². The lowest BCUT2D eigenvalue weighted by Crippen LogP contribution is -2.36. The van der Waals surface area contributed by atoms with Crippen molar-refractivity contribution >= 4 is 0 Å². The third-order valence-electron chi connectivity index (χ3n) is 3.21. The van der Waals surface area contributed by atoms with Gasteiger partial charge in [0.2, 0.25) is 0 Å². The topological polar surface area (TPSA) is 38.0 Å². The highest BCUT2D eigenvalue weighted by atomic mass is 14.9. The van der Waals surface area contributed by atoms with Gasteiger partial charge in [-0.3, -0.25) is 0 Å². The molecule has 1 aliphatic carbocycles. The quantitative estimate of drug-likeness (QED) is 0.790. The van der Waals surface area contributed by atoms with Gasteiger partial charge in [0, 0.05) is 18.6 Å². The number of benzene rings is 1. The Morgan fingerprint density at radius 3 is 2.40 bits per heavy atom. The normalized spacial score (nSPS) is 26.5. The molecule has 0 aliphatic heterocycles. The Kier molecular flexibility index (Phi) is 3.75. The fourth-order valence-corrected chi connectivity index (χ4v) is 2.18. The van der Waals surface area contributed by atoms with Gasteiger partial charge in [0.15, 0.2) is 0 Å². The Morgan fingerprint density at radius 1 is 1.07 bits per heavy atom. The Balaban J connectivity index is 1.74. The van der Waals surface area contributed by atoms with Crippen LogP contribution in [0.3, 0.4) is 0 Å². The van der Waals surface area contributed by atoms with Crippen LogP contribution < -0.4 is 11.1 Å². The summed E-state index contributed by atoms with van der Waals surface area (Å²) in [4.78, 5) is 0. The molecule has 1 aliphatic rings. The molecule has 2 heteroatoms. The molecule has 0 aromatic heterocycles. The molecule has 0 bridgehead atoms. The highest BCUT2D eigenvalue weighted by Crippen LogP contribution is 2.17. The lowest BCUT2D eigenvalue weighted by Gasteiger charge is -2.26. The van der Waals surface area contributed by atoms with Crippen molar-refractivity contribution in [2.75, 3.05) is 0 Å². The van der Waals surface area contributed by atoms with Crippen molar-refractivity contribution in [3.63, 3.8) is 0 Å². The van der Waals surface area contributed by atoms with Gasteiger partial charge in [0.05, 0.1) is 0 Å². The monoisotopic (exact) mass is 204 g/mol. The minimum absolute atomic E-state index is 0.444. The molecular formula is C13H20N2. The Hall–Kier alpha value is -0.860. The summed E-state index contributed by atoms with van der Waals surface area (Å²) in [6, 6.07) is 11.7. The Morgan fingerprint density at radius 2 is 1.73 bits per heavy atom. The maximum atomic E-state index is 5.88. The van der Waals surface area contributed by atoms with Crippen molar-refractivity contribution < 1.29 is 0 Å². The minimum atomic E-state index is 0.444. The van der Waals surface area contributed by atoms with Gasteiger partial charge in [-0.05, 0) is 31.2 Å². The lowest BCUT2D eigenvalue weighted by molar-refractivity contribution is 0.342. The van der Waals surface area contributed by atoms with Gasteiger partial charge in [-0.2, -0.15) is 0 Å². The van der Waals surface area contributed by atoms with Gasteiger partial charge >= 0.3 is 0 Å². The predicted molar refractivity (Wildman–Crippen MR) is 63.5 cm³/mol. The van der Waals surface area contributed by atoms with E-state index >= 15 is 0 Å². The summed E-state index contributed by atoms with van der Waals surface area (Å²) in [6.07, 6.45) is 4.81. The average Bonchev–Trinajstić information content (AvgIpc) is 2.30. The van der Waals surface area contributed by atoms with Crippen LogP contribution in [0.2, 0.25) is 0 Å². The number of nitrogens with one attached hydrogen (secondary N) is 1. The van der Waals surface area contributed by atoms with E-state index in [-0.39, 0.29) is 0 Å². The van der Waals surface area contributed by atoms with Gasteiger partial charge in [0.1, 0.15) is 0 Å². The van der Waals surface area contributed by atoms with Gasteiger partial charge in [-0.25, -0.2) is 0 Å². The first-order valence-corrected chi connectivity index (χ1v) is 5.87. The molecule has 1 aromatic carbocycles. The molecule has 0 amide bonds. The van der Waals surface area contributed by atoms with Crippen LogP contribution in [0.4, 0.5) is 0 Å². The maximum absolute atomic E-state index is 5.88. The smallest absolute Gasteiger partial charge is 0.0208 e. The predicted octanol–water partition coefficient (Wildman–Crippen LogP) is 2.05. The van der Waals surface area contributed by atoms with E-state index in [4.69, 9.17) is 5.73 Å². The molecular weight excluding hydrogens is 184 g/mol. The van der Waals surface area contributed by atoms with E-state index < -0.39 is 0 Å². The zero-order chi connectivity index (χ0) is 10.5. The SMILES string of the molecule is N[C@H]1CC[C@H](NCc2ccccc2)CC1. The zero-order valence-corrected chi connectivity index (χ0v) is 9.15. The molecule has 1 aromatic rings. The summed E-state index contributed by atoms with van der Waals surface area (Å²) >= 11 is 0. The molecule has 0 unspecified atom stereocenters. The first-order chi connectivity index (χ1) is 7.34. The van der Waals surface area contributed by atoms with Crippen LogP contribution >= 0.6 is 0 Å². The van der Waals surface area contributed by atoms with Crippen LogP contribution in [0.25, 0.3) is 0 Å². The second-order valence-corrected chi connectivity index (χ2v) is 4.48. The van der Waals surface area contributed by atoms with Crippen molar-refractivity contribution in [3.8, 4) is 0 Å². The molecule has 1 fully saturated rings. The number of hydrogen-bond acceptors (Lipinski definition) is 2. The van der Waals surface area contributed by atoms with E-state index in [9.17, 15) is 0 Å². The summed E-state index contributed by atoms with van der Waals surface area (Å²) < 4.78 is 0. The summed E-state index contributed by atoms with van der Waals surface area (Å²) in [5, 5.41) is 3.60. The third kappa shape index (κ3) is 3.33. The third-order valence-corrected chi connectivity index (χ3v) is 3.21. The molecule has 0 heterocycles. The lowest BCUT2D eigenvalue weighted by atomic mass is 9.92. The van der Waals surface area contributed by atoms with E-state index in [2.05, 4.69) is 35.6 Å². The van der Waals surface area contributed by atoms with E-state index in [1.54, 1.807) is 0 Å². The number of nitrogens with two attached hydrogens (primary N) is 1. The highest BCUT2D eigenvalue weighted by molar-refractivity contribution is 5.14. The molecule has 82 valence electrons. The average molecular weight is 204 g/mol. The summed E-state index contributed by atoms with van der Waals surface area (Å²) in [5.74, 6) is 0. The van der Waals surface area contributed by atoms with Gasteiger partial charge in [-0.1, -0.05) is 30.3 Å². The van der Waals surface area contributed by atoms with Crippen molar-refractivity contribution in [2.45, 2.75) is 44.3 Å². The van der Waals surface area contributed by atoms with E-state index in [1.165, 1.54) is 31.2 Å². The molecule has 15 heavy (non-hydrogen) atoms. The van der Waals surface area contributed by atoms with E-state index in [1.807, 2.05) is 0 Å². The summed E-state index contributed by atoms with van der Waals surface area (Å²) in [5.41, 5.74) is 7.24. The highest BCUT2D eigenvalue weighted by Gasteiger charge is 2.17. The first-order valence-electron chi connectivity index (χ1n) is 5.87. The second kappa shape index (κ2) is 5.29. The van der Waals surface area contributed by atoms with Crippen LogP contribution in [0.1, 0.15) is 31.2 Å². The summed E-state index contributed by atoms with van der Waals surface area (Å²) in [6.45, 7) is 0.987. The molecule has 3 N–H and O–H groups in total. The maximum Gasteiger partial charge on any atom is 0.0208 e. The summed E-state index contributed by atoms with van der Waals surface area (Å²) in [7, 11) is 0. The van der Waals surface area contributed by atoms with Gasteiger partial charge < -0.3 is 11.1 Å². The standard InChI is InChI=1S/C13H20N2/c14-12-6-8-13(9-7-12)15-10-11-4-2-1-3-5-11/h1-5,12-13,15H,6-10,14H2/t12-,13-. The van der Waals surface area contributed by atoms with E-state index in [0.29, 0.717) is 12.1 Å². The van der Waals surface area contributed by atoms with Crippen LogP contribution in [-0.4, -0.2) is 12.1 Å². The fourth-order valence-electron chi connectivity index (χ4n) is 2.18. The molecule has 0 atom stereocenters. The molecule has 2 rings (SSSR count). The molecule has 0 saturated heterocycles. The van der Waals surface area contributed by atoms with Crippen molar-refractivity contribution in [1.82, 2.24) is 5.32 Å².